The highest BCUT2D eigenvalue weighted by atomic mass is 32.2. The minimum Gasteiger partial charge on any atom is -0.493 e. The smallest absolute Gasteiger partial charge is 0.267 e. The number of aromatic nitrogens is 2. The molecule has 1 heterocycles. The first-order valence-electron chi connectivity index (χ1n) is 9.69. The van der Waals surface area contributed by atoms with Crippen LogP contribution in [0.1, 0.15) is 5.56 Å². The number of sulfone groups is 1. The Morgan fingerprint density at radius 2 is 1.67 bits per heavy atom. The molecule has 0 atom stereocenters. The van der Waals surface area contributed by atoms with E-state index >= 15 is 0 Å². The predicted octanol–water partition coefficient (Wildman–Crippen LogP) is 2.05. The summed E-state index contributed by atoms with van der Waals surface area (Å²) in [7, 11) is 0.356. The van der Waals surface area contributed by atoms with Crippen molar-refractivity contribution in [3.05, 3.63) is 64.4 Å². The van der Waals surface area contributed by atoms with E-state index in [4.69, 9.17) is 14.2 Å². The van der Waals surface area contributed by atoms with Crippen LogP contribution in [-0.2, 0) is 21.2 Å². The van der Waals surface area contributed by atoms with Gasteiger partial charge >= 0.3 is 0 Å². The minimum atomic E-state index is -3.97. The molecule has 0 fully saturated rings. The van der Waals surface area contributed by atoms with Gasteiger partial charge in [0.2, 0.25) is 21.5 Å². The van der Waals surface area contributed by atoms with Gasteiger partial charge in [-0.2, -0.15) is 5.10 Å². The summed E-state index contributed by atoms with van der Waals surface area (Å²) in [5.41, 5.74) is 0.457. The summed E-state index contributed by atoms with van der Waals surface area (Å²) < 4.78 is 42.4. The van der Waals surface area contributed by atoms with Gasteiger partial charge < -0.3 is 19.5 Å². The van der Waals surface area contributed by atoms with Crippen molar-refractivity contribution in [2.45, 2.75) is 23.4 Å². The van der Waals surface area contributed by atoms with Gasteiger partial charge in [0.1, 0.15) is 6.54 Å². The highest BCUT2D eigenvalue weighted by molar-refractivity contribution is 7.91. The molecule has 3 rings (SSSR count). The van der Waals surface area contributed by atoms with Gasteiger partial charge in [0, 0.05) is 23.9 Å². The lowest BCUT2D eigenvalue weighted by Crippen LogP contribution is -2.30. The lowest BCUT2D eigenvalue weighted by atomic mass is 10.2. The Morgan fingerprint density at radius 1 is 1.00 bits per heavy atom. The Hall–Kier alpha value is -3.86. The number of amides is 1. The monoisotopic (exact) mass is 473 g/mol. The van der Waals surface area contributed by atoms with Crippen LogP contribution in [0.15, 0.2) is 63.2 Å². The van der Waals surface area contributed by atoms with Crippen LogP contribution in [-0.4, -0.2) is 45.4 Å². The Kier molecular flexibility index (Phi) is 7.02. The molecule has 174 valence electrons. The second-order valence-corrected chi connectivity index (χ2v) is 8.85. The van der Waals surface area contributed by atoms with Crippen LogP contribution in [0.3, 0.4) is 0 Å². The van der Waals surface area contributed by atoms with Crippen LogP contribution >= 0.6 is 0 Å². The number of rotatable bonds is 8. The molecule has 33 heavy (non-hydrogen) atoms. The average molecular weight is 474 g/mol. The lowest BCUT2D eigenvalue weighted by Gasteiger charge is -2.15. The topological polar surface area (TPSA) is 126 Å². The number of hydrogen-bond acceptors (Lipinski definition) is 8. The van der Waals surface area contributed by atoms with Crippen LogP contribution in [0.25, 0.3) is 0 Å². The SMILES string of the molecule is COc1cc(NC(=O)Cn2nc(S(=O)(=O)c3cccc(C)c3)ccc2=O)cc(OC)c1OC. The molecule has 0 saturated carbocycles. The van der Waals surface area contributed by atoms with E-state index in [0.717, 1.165) is 22.4 Å². The fraction of sp³-hybridized carbons (Fsp3) is 0.227. The van der Waals surface area contributed by atoms with Crippen LogP contribution in [0, 0.1) is 6.92 Å². The second kappa shape index (κ2) is 9.74. The Labute approximate surface area is 190 Å². The van der Waals surface area contributed by atoms with Gasteiger partial charge in [-0.15, -0.1) is 0 Å². The number of aryl methyl sites for hydroxylation is 1. The molecule has 0 unspecified atom stereocenters. The lowest BCUT2D eigenvalue weighted by molar-refractivity contribution is -0.117. The number of nitrogens with zero attached hydrogens (tertiary/aromatic N) is 2. The zero-order chi connectivity index (χ0) is 24.2. The molecule has 10 nitrogen and oxygen atoms in total. The number of nitrogens with one attached hydrogen (secondary N) is 1. The minimum absolute atomic E-state index is 0.0436. The number of hydrogen-bond donors (Lipinski definition) is 1. The van der Waals surface area contributed by atoms with Crippen LogP contribution in [0.5, 0.6) is 17.2 Å². The van der Waals surface area contributed by atoms with Gasteiger partial charge in [0.05, 0.1) is 26.2 Å². The molecule has 0 aliphatic rings. The van der Waals surface area contributed by atoms with E-state index in [1.165, 1.54) is 45.6 Å². The summed E-state index contributed by atoms with van der Waals surface area (Å²) in [6, 6.07) is 11.5. The molecule has 1 N–H and O–H groups in total. The normalized spacial score (nSPS) is 11.0. The molecule has 0 spiro atoms. The first-order chi connectivity index (χ1) is 15.7. The fourth-order valence-corrected chi connectivity index (χ4v) is 4.37. The largest absolute Gasteiger partial charge is 0.493 e. The van der Waals surface area contributed by atoms with Crippen LogP contribution < -0.4 is 25.1 Å². The molecule has 11 heteroatoms. The number of carbonyl (C=O) groups is 1. The summed E-state index contributed by atoms with van der Waals surface area (Å²) in [5.74, 6) is 0.399. The zero-order valence-electron chi connectivity index (χ0n) is 18.5. The van der Waals surface area contributed by atoms with Crippen molar-refractivity contribution in [1.29, 1.82) is 0 Å². The summed E-state index contributed by atoms with van der Waals surface area (Å²) in [4.78, 5) is 24.9. The number of ether oxygens (including phenoxy) is 3. The molecule has 3 aromatic rings. The number of benzene rings is 2. The van der Waals surface area contributed by atoms with Crippen molar-refractivity contribution in [3.63, 3.8) is 0 Å². The van der Waals surface area contributed by atoms with E-state index in [0.29, 0.717) is 22.9 Å². The molecule has 0 saturated heterocycles. The first-order valence-corrected chi connectivity index (χ1v) is 11.2. The van der Waals surface area contributed by atoms with Crippen LogP contribution in [0.2, 0.25) is 0 Å². The zero-order valence-corrected chi connectivity index (χ0v) is 19.3. The Bertz CT molecular complexity index is 1330. The summed E-state index contributed by atoms with van der Waals surface area (Å²) in [6.45, 7) is 1.26. The average Bonchev–Trinajstić information content (AvgIpc) is 2.79. The molecule has 2 aromatic carbocycles. The fourth-order valence-electron chi connectivity index (χ4n) is 3.08. The highest BCUT2D eigenvalue weighted by Crippen LogP contribution is 2.39. The first kappa shape index (κ1) is 23.8. The Balaban J connectivity index is 1.87. The van der Waals surface area contributed by atoms with Gasteiger partial charge in [-0.25, -0.2) is 13.1 Å². The standard InChI is InChI=1S/C22H23N3O7S/c1-14-6-5-7-16(10-14)33(28,29)20-8-9-21(27)25(24-20)13-19(26)23-15-11-17(30-2)22(32-4)18(12-15)31-3/h5-12H,13H2,1-4H3,(H,23,26). The third-order valence-electron chi connectivity index (χ3n) is 4.66. The molecule has 0 aliphatic heterocycles. The summed E-state index contributed by atoms with van der Waals surface area (Å²) >= 11 is 0. The number of methoxy groups -OCH3 is 3. The van der Waals surface area contributed by atoms with E-state index in [1.54, 1.807) is 19.1 Å². The predicted molar refractivity (Wildman–Crippen MR) is 120 cm³/mol. The molecule has 0 radical (unpaired) electrons. The second-order valence-electron chi connectivity index (χ2n) is 6.95. The van der Waals surface area contributed by atoms with Crippen molar-refractivity contribution in [3.8, 4) is 17.2 Å². The van der Waals surface area contributed by atoms with Crippen molar-refractivity contribution in [2.24, 2.45) is 0 Å². The summed E-state index contributed by atoms with van der Waals surface area (Å²) in [5, 5.41) is 6.18. The maximum absolute atomic E-state index is 12.9. The maximum Gasteiger partial charge on any atom is 0.267 e. The van der Waals surface area contributed by atoms with E-state index < -0.39 is 27.8 Å². The molecule has 0 aliphatic carbocycles. The van der Waals surface area contributed by atoms with Gasteiger partial charge in [-0.1, -0.05) is 12.1 Å². The van der Waals surface area contributed by atoms with E-state index in [1.807, 2.05) is 0 Å². The third kappa shape index (κ3) is 5.14. The summed E-state index contributed by atoms with van der Waals surface area (Å²) in [6.07, 6.45) is 0. The maximum atomic E-state index is 12.9. The highest BCUT2D eigenvalue weighted by Gasteiger charge is 2.21. The van der Waals surface area contributed by atoms with Gasteiger partial charge in [0.15, 0.2) is 16.5 Å². The van der Waals surface area contributed by atoms with Crippen LogP contribution in [0.4, 0.5) is 5.69 Å². The number of carbonyl (C=O) groups excluding carboxylic acids is 1. The quantitative estimate of drug-likeness (QED) is 0.527. The van der Waals surface area contributed by atoms with Crippen molar-refractivity contribution >= 4 is 21.4 Å². The van der Waals surface area contributed by atoms with E-state index in [2.05, 4.69) is 10.4 Å². The molecule has 1 amide bonds. The van der Waals surface area contributed by atoms with Gasteiger partial charge in [0.25, 0.3) is 5.56 Å². The van der Waals surface area contributed by atoms with E-state index in [9.17, 15) is 18.0 Å². The molecule has 1 aromatic heterocycles. The van der Waals surface area contributed by atoms with Crippen molar-refractivity contribution < 1.29 is 27.4 Å². The Morgan fingerprint density at radius 3 is 2.24 bits per heavy atom. The van der Waals surface area contributed by atoms with Gasteiger partial charge in [-0.05, 0) is 30.7 Å². The third-order valence-corrected chi connectivity index (χ3v) is 6.30. The number of anilines is 1. The molecular weight excluding hydrogens is 450 g/mol. The van der Waals surface area contributed by atoms with E-state index in [-0.39, 0.29) is 9.92 Å². The van der Waals surface area contributed by atoms with Crippen molar-refractivity contribution in [2.75, 3.05) is 26.6 Å². The molecular formula is C22H23N3O7S. The molecule has 0 bridgehead atoms. The van der Waals surface area contributed by atoms with Crippen molar-refractivity contribution in [1.82, 2.24) is 9.78 Å². The van der Waals surface area contributed by atoms with Gasteiger partial charge in [-0.3, -0.25) is 9.59 Å².